The Morgan fingerprint density at radius 1 is 1.23 bits per heavy atom. The summed E-state index contributed by atoms with van der Waals surface area (Å²) < 4.78 is 16.8. The molecule has 2 unspecified atom stereocenters. The number of rotatable bonds is 7. The van der Waals surface area contributed by atoms with Gasteiger partial charge in [0.15, 0.2) is 6.29 Å². The first-order valence-electron chi connectivity index (χ1n) is 13.2. The van der Waals surface area contributed by atoms with E-state index in [1.54, 1.807) is 0 Å². The third-order valence-electron chi connectivity index (χ3n) is 6.94. The molecule has 0 radical (unpaired) electrons. The Labute approximate surface area is 225 Å². The Hall–Kier alpha value is -4.08. The number of hydrogen-bond donors (Lipinski definition) is 2. The number of carbonyl (C=O) groups is 3. The SMILES string of the molecule is N#Cc1cnc(NC(=O)N2CCCc3cc(CNC(=O)C4CCCO4)c(C=O)nc32)cc1OC1CCCOC1. The van der Waals surface area contributed by atoms with E-state index in [0.717, 1.165) is 24.8 Å². The van der Waals surface area contributed by atoms with Crippen LogP contribution >= 0.6 is 0 Å². The summed E-state index contributed by atoms with van der Waals surface area (Å²) in [5, 5.41) is 15.1. The van der Waals surface area contributed by atoms with Crippen LogP contribution in [-0.4, -0.2) is 66.8 Å². The number of carbonyl (C=O) groups excluding carboxylic acids is 3. The van der Waals surface area contributed by atoms with E-state index in [9.17, 15) is 19.6 Å². The maximum Gasteiger partial charge on any atom is 0.328 e. The predicted molar refractivity (Wildman–Crippen MR) is 139 cm³/mol. The number of fused-ring (bicyclic) bond motifs is 1. The second-order valence-electron chi connectivity index (χ2n) is 9.67. The van der Waals surface area contributed by atoms with Gasteiger partial charge in [0, 0.05) is 37.9 Å². The minimum absolute atomic E-state index is 0.142. The Morgan fingerprint density at radius 3 is 2.85 bits per heavy atom. The van der Waals surface area contributed by atoms with Crippen molar-refractivity contribution < 1.29 is 28.6 Å². The summed E-state index contributed by atoms with van der Waals surface area (Å²) >= 11 is 0. The summed E-state index contributed by atoms with van der Waals surface area (Å²) in [7, 11) is 0. The van der Waals surface area contributed by atoms with E-state index in [0.29, 0.717) is 69.0 Å². The van der Waals surface area contributed by atoms with Gasteiger partial charge in [0.25, 0.3) is 0 Å². The van der Waals surface area contributed by atoms with Gasteiger partial charge in [-0.2, -0.15) is 5.26 Å². The Morgan fingerprint density at radius 2 is 2.10 bits per heavy atom. The molecule has 3 aliphatic rings. The lowest BCUT2D eigenvalue weighted by Gasteiger charge is -2.29. The number of amides is 3. The molecule has 0 aromatic carbocycles. The molecular weight excluding hydrogens is 504 g/mol. The number of nitrogens with one attached hydrogen (secondary N) is 2. The van der Waals surface area contributed by atoms with Crippen molar-refractivity contribution in [2.24, 2.45) is 0 Å². The molecular formula is C27H30N6O6. The summed E-state index contributed by atoms with van der Waals surface area (Å²) in [6, 6.07) is 4.94. The highest BCUT2D eigenvalue weighted by Gasteiger charge is 2.28. The quantitative estimate of drug-likeness (QED) is 0.510. The normalized spacial score (nSPS) is 20.4. The Kier molecular flexibility index (Phi) is 8.29. The van der Waals surface area contributed by atoms with E-state index < -0.39 is 12.1 Å². The molecule has 0 spiro atoms. The van der Waals surface area contributed by atoms with Crippen molar-refractivity contribution in [1.29, 1.82) is 5.26 Å². The number of ether oxygens (including phenoxy) is 3. The van der Waals surface area contributed by atoms with Gasteiger partial charge in [-0.05, 0) is 50.2 Å². The molecule has 2 saturated heterocycles. The van der Waals surface area contributed by atoms with Gasteiger partial charge in [-0.25, -0.2) is 14.8 Å². The number of urea groups is 1. The summed E-state index contributed by atoms with van der Waals surface area (Å²) in [5.74, 6) is 0.729. The maximum absolute atomic E-state index is 13.3. The highest BCUT2D eigenvalue weighted by Crippen LogP contribution is 2.29. The number of anilines is 2. The van der Waals surface area contributed by atoms with Crippen molar-refractivity contribution in [1.82, 2.24) is 15.3 Å². The lowest BCUT2D eigenvalue weighted by atomic mass is 10.0. The van der Waals surface area contributed by atoms with Crippen molar-refractivity contribution >= 4 is 29.9 Å². The van der Waals surface area contributed by atoms with Crippen molar-refractivity contribution in [2.45, 2.75) is 57.3 Å². The molecule has 3 aliphatic heterocycles. The first-order valence-corrected chi connectivity index (χ1v) is 13.2. The van der Waals surface area contributed by atoms with Crippen molar-refractivity contribution in [3.8, 4) is 11.8 Å². The van der Waals surface area contributed by atoms with Gasteiger partial charge in [-0.1, -0.05) is 0 Å². The number of aryl methyl sites for hydroxylation is 1. The first kappa shape index (κ1) is 26.5. The molecule has 2 N–H and O–H groups in total. The van der Waals surface area contributed by atoms with Crippen LogP contribution in [0.2, 0.25) is 0 Å². The summed E-state index contributed by atoms with van der Waals surface area (Å²) in [6.45, 7) is 2.23. The highest BCUT2D eigenvalue weighted by molar-refractivity contribution is 6.01. The fourth-order valence-corrected chi connectivity index (χ4v) is 4.93. The number of pyridine rings is 2. The van der Waals surface area contributed by atoms with Gasteiger partial charge in [0.05, 0.1) is 12.8 Å². The minimum Gasteiger partial charge on any atom is -0.486 e. The zero-order valence-corrected chi connectivity index (χ0v) is 21.5. The van der Waals surface area contributed by atoms with Crippen LogP contribution in [0.5, 0.6) is 5.75 Å². The van der Waals surface area contributed by atoms with Gasteiger partial charge in [0.1, 0.15) is 46.9 Å². The molecule has 2 atom stereocenters. The molecule has 3 amide bonds. The number of aldehydes is 1. The third kappa shape index (κ3) is 6.16. The number of aromatic nitrogens is 2. The molecule has 0 aliphatic carbocycles. The zero-order valence-electron chi connectivity index (χ0n) is 21.5. The smallest absolute Gasteiger partial charge is 0.328 e. The number of hydrogen-bond acceptors (Lipinski definition) is 9. The van der Waals surface area contributed by atoms with Crippen LogP contribution in [0, 0.1) is 11.3 Å². The topological polar surface area (TPSA) is 156 Å². The zero-order chi connectivity index (χ0) is 27.2. The van der Waals surface area contributed by atoms with Gasteiger partial charge >= 0.3 is 6.03 Å². The minimum atomic E-state index is -0.469. The van der Waals surface area contributed by atoms with Crippen LogP contribution in [0.3, 0.4) is 0 Å². The van der Waals surface area contributed by atoms with Crippen LogP contribution in [-0.2, 0) is 27.2 Å². The molecule has 12 nitrogen and oxygen atoms in total. The van der Waals surface area contributed by atoms with E-state index in [-0.39, 0.29) is 35.6 Å². The molecule has 2 aromatic heterocycles. The predicted octanol–water partition coefficient (Wildman–Crippen LogP) is 2.50. The van der Waals surface area contributed by atoms with Crippen LogP contribution < -0.4 is 20.3 Å². The lowest BCUT2D eigenvalue weighted by Crippen LogP contribution is -2.40. The molecule has 5 rings (SSSR count). The van der Waals surface area contributed by atoms with E-state index in [2.05, 4.69) is 26.7 Å². The Bertz CT molecular complexity index is 1280. The van der Waals surface area contributed by atoms with Gasteiger partial charge in [-0.15, -0.1) is 0 Å². The average molecular weight is 535 g/mol. The number of nitriles is 1. The molecule has 2 aromatic rings. The van der Waals surface area contributed by atoms with Crippen LogP contribution in [0.1, 0.15) is 59.3 Å². The Balaban J connectivity index is 1.30. The van der Waals surface area contributed by atoms with Crippen LogP contribution in [0.15, 0.2) is 18.3 Å². The average Bonchev–Trinajstić information content (AvgIpc) is 3.51. The van der Waals surface area contributed by atoms with E-state index >= 15 is 0 Å². The molecule has 2 fully saturated rings. The summed E-state index contributed by atoms with van der Waals surface area (Å²) in [6.07, 6.45) is 5.91. The second-order valence-corrected chi connectivity index (χ2v) is 9.67. The maximum atomic E-state index is 13.3. The monoisotopic (exact) mass is 534 g/mol. The van der Waals surface area contributed by atoms with E-state index in [1.165, 1.54) is 17.2 Å². The summed E-state index contributed by atoms with van der Waals surface area (Å²) in [5.41, 5.74) is 1.80. The second kappa shape index (κ2) is 12.2. The molecule has 0 bridgehead atoms. The van der Waals surface area contributed by atoms with Gasteiger partial charge in [-0.3, -0.25) is 19.8 Å². The molecule has 0 saturated carbocycles. The van der Waals surface area contributed by atoms with Crippen molar-refractivity contribution in [3.05, 3.63) is 40.7 Å². The first-order chi connectivity index (χ1) is 19.1. The van der Waals surface area contributed by atoms with Crippen LogP contribution in [0.25, 0.3) is 0 Å². The van der Waals surface area contributed by atoms with E-state index in [4.69, 9.17) is 14.2 Å². The fourth-order valence-electron chi connectivity index (χ4n) is 4.93. The van der Waals surface area contributed by atoms with Crippen molar-refractivity contribution in [2.75, 3.05) is 36.6 Å². The van der Waals surface area contributed by atoms with Gasteiger partial charge < -0.3 is 19.5 Å². The molecule has 204 valence electrons. The fraction of sp³-hybridized carbons (Fsp3) is 0.481. The lowest BCUT2D eigenvalue weighted by molar-refractivity contribution is -0.130. The number of nitrogens with zero attached hydrogens (tertiary/aromatic N) is 4. The van der Waals surface area contributed by atoms with E-state index in [1.807, 2.05) is 6.07 Å². The standard InChI is InChI=1S/C27H30N6O6/c28-12-19-14-29-24(11-23(19)39-20-5-2-8-37-16-20)32-27(36)33-7-1-4-17-10-18(21(15-34)31-25(17)33)13-30-26(35)22-6-3-9-38-22/h10-11,14-15,20,22H,1-9,13,16H2,(H,30,35)(H,29,32,36). The van der Waals surface area contributed by atoms with Gasteiger partial charge in [0.2, 0.25) is 5.91 Å². The largest absolute Gasteiger partial charge is 0.486 e. The van der Waals surface area contributed by atoms with Crippen molar-refractivity contribution in [3.63, 3.8) is 0 Å². The molecule has 12 heteroatoms. The highest BCUT2D eigenvalue weighted by atomic mass is 16.5. The molecule has 39 heavy (non-hydrogen) atoms. The summed E-state index contributed by atoms with van der Waals surface area (Å²) in [4.78, 5) is 47.7. The third-order valence-corrected chi connectivity index (χ3v) is 6.94. The van der Waals surface area contributed by atoms with Crippen LogP contribution in [0.4, 0.5) is 16.4 Å². The molecule has 5 heterocycles.